The van der Waals surface area contributed by atoms with Gasteiger partial charge in [0.25, 0.3) is 5.91 Å². The number of hydrazone groups is 1. The van der Waals surface area contributed by atoms with Gasteiger partial charge in [0.1, 0.15) is 0 Å². The maximum Gasteiger partial charge on any atom is 0.255 e. The molecule has 0 aromatic heterocycles. The fraction of sp³-hybridized carbons (Fsp3) is 0.200. The molecule has 3 aromatic rings. The van der Waals surface area contributed by atoms with Crippen LogP contribution in [0.1, 0.15) is 16.7 Å². The Morgan fingerprint density at radius 3 is 2.40 bits per heavy atom. The Bertz CT molecular complexity index is 1310. The van der Waals surface area contributed by atoms with Crippen LogP contribution in [-0.4, -0.2) is 45.6 Å². The molecule has 184 valence electrons. The van der Waals surface area contributed by atoms with E-state index in [4.69, 9.17) is 21.1 Å². The summed E-state index contributed by atoms with van der Waals surface area (Å²) in [5.74, 6) is 0.487. The minimum atomic E-state index is -3.99. The Hall–Kier alpha value is -3.40. The largest absolute Gasteiger partial charge is 0.493 e. The van der Waals surface area contributed by atoms with Gasteiger partial charge in [0.05, 0.1) is 31.9 Å². The highest BCUT2D eigenvalue weighted by molar-refractivity contribution is 7.89. The van der Waals surface area contributed by atoms with Crippen molar-refractivity contribution < 1.29 is 22.7 Å². The van der Waals surface area contributed by atoms with Gasteiger partial charge in [-0.25, -0.2) is 13.8 Å². The van der Waals surface area contributed by atoms with E-state index >= 15 is 0 Å². The number of nitrogens with one attached hydrogen (secondary N) is 1. The van der Waals surface area contributed by atoms with Gasteiger partial charge in [-0.2, -0.15) is 9.41 Å². The van der Waals surface area contributed by atoms with Gasteiger partial charge in [-0.3, -0.25) is 4.79 Å². The van der Waals surface area contributed by atoms with Crippen molar-refractivity contribution in [2.45, 2.75) is 18.4 Å². The molecule has 0 aliphatic heterocycles. The first kappa shape index (κ1) is 26.2. The molecule has 1 N–H and O–H groups in total. The van der Waals surface area contributed by atoms with Gasteiger partial charge in [-0.1, -0.05) is 41.4 Å². The molecule has 3 rings (SSSR count). The van der Waals surface area contributed by atoms with Gasteiger partial charge in [0.2, 0.25) is 10.0 Å². The normalized spacial score (nSPS) is 11.6. The molecule has 0 saturated heterocycles. The van der Waals surface area contributed by atoms with E-state index in [1.165, 1.54) is 44.7 Å². The number of sulfonamides is 1. The van der Waals surface area contributed by atoms with Gasteiger partial charge in [0, 0.05) is 11.6 Å². The summed E-state index contributed by atoms with van der Waals surface area (Å²) in [5.41, 5.74) is 4.78. The van der Waals surface area contributed by atoms with E-state index < -0.39 is 22.5 Å². The van der Waals surface area contributed by atoms with Crippen LogP contribution in [0.3, 0.4) is 0 Å². The van der Waals surface area contributed by atoms with E-state index in [1.807, 2.05) is 31.2 Å². The fourth-order valence-electron chi connectivity index (χ4n) is 3.30. The van der Waals surface area contributed by atoms with Crippen LogP contribution in [0.5, 0.6) is 11.5 Å². The topological polar surface area (TPSA) is 97.3 Å². The first-order valence-electron chi connectivity index (χ1n) is 10.6. The highest BCUT2D eigenvalue weighted by Gasteiger charge is 2.27. The number of hydrogen-bond donors (Lipinski definition) is 1. The highest BCUT2D eigenvalue weighted by atomic mass is 35.5. The average Bonchev–Trinajstić information content (AvgIpc) is 2.84. The maximum atomic E-state index is 13.3. The Balaban J connectivity index is 1.78. The van der Waals surface area contributed by atoms with Gasteiger partial charge in [0.15, 0.2) is 11.5 Å². The molecule has 1 amide bonds. The van der Waals surface area contributed by atoms with Gasteiger partial charge in [-0.05, 0) is 60.5 Å². The second kappa shape index (κ2) is 11.8. The van der Waals surface area contributed by atoms with E-state index in [9.17, 15) is 13.2 Å². The number of aryl methyl sites for hydroxylation is 1. The van der Waals surface area contributed by atoms with E-state index in [0.29, 0.717) is 22.1 Å². The number of carbonyl (C=O) groups excluding carboxylic acids is 1. The van der Waals surface area contributed by atoms with E-state index in [1.54, 1.807) is 18.2 Å². The first-order chi connectivity index (χ1) is 16.7. The summed E-state index contributed by atoms with van der Waals surface area (Å²) in [7, 11) is -0.934. The molecule has 10 heteroatoms. The molecule has 0 fully saturated rings. The molecule has 0 aliphatic carbocycles. The summed E-state index contributed by atoms with van der Waals surface area (Å²) in [4.78, 5) is 12.7. The molecule has 8 nitrogen and oxygen atoms in total. The van der Waals surface area contributed by atoms with Crippen molar-refractivity contribution in [2.75, 3.05) is 20.8 Å². The predicted octanol–water partition coefficient (Wildman–Crippen LogP) is 4.01. The molecule has 0 atom stereocenters. The molecule has 0 heterocycles. The molecule has 0 bridgehead atoms. The van der Waals surface area contributed by atoms with Crippen LogP contribution in [0.25, 0.3) is 0 Å². The molecule has 35 heavy (non-hydrogen) atoms. The van der Waals surface area contributed by atoms with Crippen LogP contribution in [-0.2, 0) is 21.4 Å². The fourth-order valence-corrected chi connectivity index (χ4v) is 4.81. The van der Waals surface area contributed by atoms with Gasteiger partial charge < -0.3 is 9.47 Å². The summed E-state index contributed by atoms with van der Waals surface area (Å²) in [6.45, 7) is 1.50. The number of ether oxygens (including phenoxy) is 2. The predicted molar refractivity (Wildman–Crippen MR) is 136 cm³/mol. The minimum absolute atomic E-state index is 0.0133. The van der Waals surface area contributed by atoms with Gasteiger partial charge >= 0.3 is 0 Å². The number of amides is 1. The zero-order chi connectivity index (χ0) is 25.4. The SMILES string of the molecule is COc1ccc(/C=N\NC(=O)CN(Cc2cccc(C)c2)S(=O)(=O)c2ccc(Cl)cc2)cc1OC. The summed E-state index contributed by atoms with van der Waals surface area (Å²) >= 11 is 5.91. The maximum absolute atomic E-state index is 13.3. The number of nitrogens with zero attached hydrogens (tertiary/aromatic N) is 2. The second-order valence-electron chi connectivity index (χ2n) is 7.62. The second-order valence-corrected chi connectivity index (χ2v) is 10.00. The minimum Gasteiger partial charge on any atom is -0.493 e. The summed E-state index contributed by atoms with van der Waals surface area (Å²) in [6.07, 6.45) is 1.43. The molecule has 0 aliphatic rings. The van der Waals surface area contributed by atoms with Crippen molar-refractivity contribution in [3.05, 3.63) is 88.4 Å². The van der Waals surface area contributed by atoms with E-state index in [0.717, 1.165) is 15.4 Å². The zero-order valence-electron chi connectivity index (χ0n) is 19.6. The Labute approximate surface area is 210 Å². The average molecular weight is 516 g/mol. The number of hydrogen-bond acceptors (Lipinski definition) is 6. The quantitative estimate of drug-likeness (QED) is 0.325. The lowest BCUT2D eigenvalue weighted by Crippen LogP contribution is -2.39. The van der Waals surface area contributed by atoms with Crippen LogP contribution in [0.4, 0.5) is 0 Å². The lowest BCUT2D eigenvalue weighted by molar-refractivity contribution is -0.121. The first-order valence-corrected chi connectivity index (χ1v) is 12.4. The third-order valence-corrected chi connectivity index (χ3v) is 7.08. The lowest BCUT2D eigenvalue weighted by atomic mass is 10.1. The van der Waals surface area contributed by atoms with Crippen molar-refractivity contribution in [2.24, 2.45) is 5.10 Å². The Morgan fingerprint density at radius 2 is 1.74 bits per heavy atom. The summed E-state index contributed by atoms with van der Waals surface area (Å²) in [5, 5.41) is 4.37. The molecular weight excluding hydrogens is 490 g/mol. The zero-order valence-corrected chi connectivity index (χ0v) is 21.1. The third-order valence-electron chi connectivity index (χ3n) is 5.02. The molecule has 0 spiro atoms. The van der Waals surface area contributed by atoms with Crippen LogP contribution >= 0.6 is 11.6 Å². The van der Waals surface area contributed by atoms with Crippen molar-refractivity contribution in [1.82, 2.24) is 9.73 Å². The van der Waals surface area contributed by atoms with Crippen LogP contribution in [0.2, 0.25) is 5.02 Å². The molecule has 3 aromatic carbocycles. The van der Waals surface area contributed by atoms with Crippen LogP contribution in [0.15, 0.2) is 76.7 Å². The highest BCUT2D eigenvalue weighted by Crippen LogP contribution is 2.27. The number of methoxy groups -OCH3 is 2. The standard InChI is InChI=1S/C25H26ClN3O5S/c1-18-5-4-6-20(13-18)16-29(35(31,32)22-10-8-21(26)9-11-22)17-25(30)28-27-15-19-7-12-23(33-2)24(14-19)34-3/h4-15H,16-17H2,1-3H3,(H,28,30)/b27-15-. The number of rotatable bonds is 10. The Morgan fingerprint density at radius 1 is 1.03 bits per heavy atom. The van der Waals surface area contributed by atoms with Crippen molar-refractivity contribution >= 4 is 33.7 Å². The van der Waals surface area contributed by atoms with E-state index in [-0.39, 0.29) is 11.4 Å². The Kier molecular flexibility index (Phi) is 8.86. The number of halogens is 1. The number of carbonyl (C=O) groups is 1. The number of benzene rings is 3. The molecular formula is C25H26ClN3O5S. The molecule has 0 saturated carbocycles. The lowest BCUT2D eigenvalue weighted by Gasteiger charge is -2.21. The smallest absolute Gasteiger partial charge is 0.255 e. The van der Waals surface area contributed by atoms with Crippen LogP contribution < -0.4 is 14.9 Å². The van der Waals surface area contributed by atoms with Crippen LogP contribution in [0, 0.1) is 6.92 Å². The third kappa shape index (κ3) is 7.05. The molecule has 0 radical (unpaired) electrons. The van der Waals surface area contributed by atoms with Crippen molar-refractivity contribution in [3.8, 4) is 11.5 Å². The van der Waals surface area contributed by atoms with Crippen molar-refractivity contribution in [1.29, 1.82) is 0 Å². The van der Waals surface area contributed by atoms with Crippen molar-refractivity contribution in [3.63, 3.8) is 0 Å². The monoisotopic (exact) mass is 515 g/mol. The van der Waals surface area contributed by atoms with Gasteiger partial charge in [-0.15, -0.1) is 0 Å². The summed E-state index contributed by atoms with van der Waals surface area (Å²) < 4.78 is 38.2. The van der Waals surface area contributed by atoms with E-state index in [2.05, 4.69) is 10.5 Å². The summed E-state index contributed by atoms with van der Waals surface area (Å²) in [6, 6.07) is 18.4. The molecule has 0 unspecified atom stereocenters.